The van der Waals surface area contributed by atoms with Crippen molar-refractivity contribution in [1.82, 2.24) is 4.31 Å². The predicted molar refractivity (Wildman–Crippen MR) is 72.9 cm³/mol. The number of carbonyl (C=O) groups is 1. The molecule has 0 saturated carbocycles. The first-order chi connectivity index (χ1) is 8.82. The maximum Gasteiger partial charge on any atom is 0.307 e. The van der Waals surface area contributed by atoms with Crippen molar-refractivity contribution < 1.29 is 18.3 Å². The number of hydrogen-bond donors (Lipinski definition) is 1. The summed E-state index contributed by atoms with van der Waals surface area (Å²) in [5.74, 6) is -1.51. The topological polar surface area (TPSA) is 74.7 Å². The number of aryl methyl sites for hydroxylation is 2. The molecule has 0 radical (unpaired) electrons. The number of piperidine rings is 1. The van der Waals surface area contributed by atoms with Crippen LogP contribution in [0.25, 0.3) is 0 Å². The minimum absolute atomic E-state index is 0.0770. The highest BCUT2D eigenvalue weighted by Gasteiger charge is 2.34. The van der Waals surface area contributed by atoms with Crippen molar-refractivity contribution in [2.45, 2.75) is 30.9 Å². The Bertz CT molecular complexity index is 571. The van der Waals surface area contributed by atoms with Crippen molar-refractivity contribution in [2.24, 2.45) is 5.92 Å². The van der Waals surface area contributed by atoms with Crippen LogP contribution < -0.4 is 0 Å². The van der Waals surface area contributed by atoms with E-state index in [1.165, 1.54) is 15.6 Å². The molecular weight excluding hydrogens is 286 g/mol. The molecule has 7 heteroatoms. The molecule has 106 valence electrons. The van der Waals surface area contributed by atoms with Gasteiger partial charge in [-0.25, -0.2) is 8.42 Å². The highest BCUT2D eigenvalue weighted by molar-refractivity contribution is 7.91. The Morgan fingerprint density at radius 2 is 2.16 bits per heavy atom. The third-order valence-electron chi connectivity index (χ3n) is 3.47. The molecule has 0 spiro atoms. The van der Waals surface area contributed by atoms with Crippen LogP contribution in [0.15, 0.2) is 10.3 Å². The number of sulfonamides is 1. The summed E-state index contributed by atoms with van der Waals surface area (Å²) in [6, 6.07) is 1.67. The summed E-state index contributed by atoms with van der Waals surface area (Å²) in [5, 5.41) is 9.02. The Morgan fingerprint density at radius 3 is 2.68 bits per heavy atom. The van der Waals surface area contributed by atoms with Gasteiger partial charge in [-0.15, -0.1) is 11.3 Å². The zero-order chi connectivity index (χ0) is 14.2. The van der Waals surface area contributed by atoms with E-state index in [0.717, 1.165) is 10.4 Å². The number of hydrogen-bond acceptors (Lipinski definition) is 4. The molecule has 19 heavy (non-hydrogen) atoms. The first-order valence-electron chi connectivity index (χ1n) is 6.12. The zero-order valence-corrected chi connectivity index (χ0v) is 12.6. The highest BCUT2D eigenvalue weighted by Crippen LogP contribution is 2.30. The molecule has 1 N–H and O–H groups in total. The molecule has 0 bridgehead atoms. The average Bonchev–Trinajstić information content (AvgIpc) is 2.70. The van der Waals surface area contributed by atoms with Gasteiger partial charge in [-0.05, 0) is 38.3 Å². The Kier molecular flexibility index (Phi) is 3.98. The quantitative estimate of drug-likeness (QED) is 0.924. The lowest BCUT2D eigenvalue weighted by molar-refractivity contribution is -0.142. The molecule has 0 aliphatic carbocycles. The summed E-state index contributed by atoms with van der Waals surface area (Å²) in [4.78, 5) is 12.0. The summed E-state index contributed by atoms with van der Waals surface area (Å²) in [5.41, 5.74) is 0.954. The first-order valence-corrected chi connectivity index (χ1v) is 8.38. The lowest BCUT2D eigenvalue weighted by Crippen LogP contribution is -2.42. The van der Waals surface area contributed by atoms with Gasteiger partial charge in [0.2, 0.25) is 0 Å². The monoisotopic (exact) mass is 303 g/mol. The fourth-order valence-corrected chi connectivity index (χ4v) is 5.35. The molecule has 1 fully saturated rings. The van der Waals surface area contributed by atoms with Crippen molar-refractivity contribution in [3.63, 3.8) is 0 Å². The van der Waals surface area contributed by atoms with Gasteiger partial charge < -0.3 is 5.11 Å². The average molecular weight is 303 g/mol. The van der Waals surface area contributed by atoms with E-state index in [0.29, 0.717) is 23.6 Å². The molecule has 2 rings (SSSR count). The van der Waals surface area contributed by atoms with Crippen LogP contribution in [0.2, 0.25) is 0 Å². The molecule has 0 amide bonds. The predicted octanol–water partition coefficient (Wildman–Crippen LogP) is 1.85. The van der Waals surface area contributed by atoms with E-state index in [9.17, 15) is 13.2 Å². The fraction of sp³-hybridized carbons (Fsp3) is 0.583. The fourth-order valence-electron chi connectivity index (χ4n) is 2.16. The number of aliphatic carboxylic acids is 1. The van der Waals surface area contributed by atoms with Crippen LogP contribution in [0, 0.1) is 19.8 Å². The van der Waals surface area contributed by atoms with E-state index in [4.69, 9.17) is 5.11 Å². The van der Waals surface area contributed by atoms with Crippen LogP contribution in [0.1, 0.15) is 23.3 Å². The van der Waals surface area contributed by atoms with E-state index in [1.807, 2.05) is 13.8 Å². The first kappa shape index (κ1) is 14.5. The second kappa shape index (κ2) is 5.22. The molecule has 2 heterocycles. The van der Waals surface area contributed by atoms with Crippen molar-refractivity contribution in [1.29, 1.82) is 0 Å². The van der Waals surface area contributed by atoms with Crippen molar-refractivity contribution in [2.75, 3.05) is 13.1 Å². The minimum Gasteiger partial charge on any atom is -0.481 e. The number of rotatable bonds is 3. The van der Waals surface area contributed by atoms with Gasteiger partial charge in [0, 0.05) is 18.0 Å². The van der Waals surface area contributed by atoms with Gasteiger partial charge in [-0.2, -0.15) is 4.31 Å². The Labute approximate surface area is 116 Å². The summed E-state index contributed by atoms with van der Waals surface area (Å²) in [7, 11) is -3.54. The Balaban J connectivity index is 2.26. The van der Waals surface area contributed by atoms with E-state index >= 15 is 0 Å². The molecule has 1 aromatic heterocycles. The maximum atomic E-state index is 12.5. The van der Waals surface area contributed by atoms with E-state index < -0.39 is 21.9 Å². The van der Waals surface area contributed by atoms with Gasteiger partial charge in [-0.3, -0.25) is 4.79 Å². The van der Waals surface area contributed by atoms with Crippen LogP contribution >= 0.6 is 11.3 Å². The van der Waals surface area contributed by atoms with Crippen LogP contribution in [0.3, 0.4) is 0 Å². The van der Waals surface area contributed by atoms with Crippen molar-refractivity contribution in [3.8, 4) is 0 Å². The molecule has 1 atom stereocenters. The molecule has 1 saturated heterocycles. The highest BCUT2D eigenvalue weighted by atomic mass is 32.2. The van der Waals surface area contributed by atoms with E-state index in [-0.39, 0.29) is 6.54 Å². The Morgan fingerprint density at radius 1 is 1.47 bits per heavy atom. The van der Waals surface area contributed by atoms with Crippen LogP contribution in [-0.4, -0.2) is 36.9 Å². The third kappa shape index (κ3) is 2.82. The van der Waals surface area contributed by atoms with Gasteiger partial charge in [0.25, 0.3) is 10.0 Å². The number of thiophene rings is 1. The van der Waals surface area contributed by atoms with Gasteiger partial charge in [0.05, 0.1) is 5.92 Å². The van der Waals surface area contributed by atoms with Gasteiger partial charge in [0.15, 0.2) is 0 Å². The molecule has 1 aromatic rings. The zero-order valence-electron chi connectivity index (χ0n) is 10.9. The third-order valence-corrected chi connectivity index (χ3v) is 6.94. The van der Waals surface area contributed by atoms with E-state index in [2.05, 4.69) is 0 Å². The van der Waals surface area contributed by atoms with Crippen molar-refractivity contribution >= 4 is 27.3 Å². The lowest BCUT2D eigenvalue weighted by Gasteiger charge is -2.29. The van der Waals surface area contributed by atoms with Gasteiger partial charge >= 0.3 is 5.97 Å². The van der Waals surface area contributed by atoms with Crippen molar-refractivity contribution in [3.05, 3.63) is 16.5 Å². The largest absolute Gasteiger partial charge is 0.481 e. The van der Waals surface area contributed by atoms with Gasteiger partial charge in [0.1, 0.15) is 4.21 Å². The molecule has 0 unspecified atom stereocenters. The molecular formula is C12H17NO4S2. The molecule has 1 aliphatic heterocycles. The van der Waals surface area contributed by atoms with Crippen LogP contribution in [0.5, 0.6) is 0 Å². The SMILES string of the molecule is Cc1cc(S(=O)(=O)N2CCC[C@H](C(=O)O)C2)sc1C. The maximum absolute atomic E-state index is 12.5. The van der Waals surface area contributed by atoms with Gasteiger partial charge in [-0.1, -0.05) is 0 Å². The smallest absolute Gasteiger partial charge is 0.307 e. The lowest BCUT2D eigenvalue weighted by atomic mass is 10.0. The number of carboxylic acid groups (broad SMARTS) is 1. The number of nitrogens with zero attached hydrogens (tertiary/aromatic N) is 1. The van der Waals surface area contributed by atoms with Crippen LogP contribution in [-0.2, 0) is 14.8 Å². The second-order valence-electron chi connectivity index (χ2n) is 4.85. The summed E-state index contributed by atoms with van der Waals surface area (Å²) >= 11 is 1.25. The molecule has 5 nitrogen and oxygen atoms in total. The number of carboxylic acids is 1. The summed E-state index contributed by atoms with van der Waals surface area (Å²) in [6.07, 6.45) is 1.14. The van der Waals surface area contributed by atoms with E-state index in [1.54, 1.807) is 6.07 Å². The molecule has 1 aliphatic rings. The summed E-state index contributed by atoms with van der Waals surface area (Å²) in [6.45, 7) is 4.24. The minimum atomic E-state index is -3.54. The summed E-state index contributed by atoms with van der Waals surface area (Å²) < 4.78 is 26.5. The molecule has 0 aromatic carbocycles. The van der Waals surface area contributed by atoms with Crippen LogP contribution in [0.4, 0.5) is 0 Å². The Hall–Kier alpha value is -0.920. The second-order valence-corrected chi connectivity index (χ2v) is 8.27. The standard InChI is InChI=1S/C12H17NO4S2/c1-8-6-11(18-9(8)2)19(16,17)13-5-3-4-10(7-13)12(14)15/h6,10H,3-5,7H2,1-2H3,(H,14,15)/t10-/m0/s1. The normalized spacial score (nSPS) is 21.5.